The fraction of sp³-hybridized carbons (Fsp3) is 0.316. The van der Waals surface area contributed by atoms with Crippen LogP contribution in [-0.4, -0.2) is 35.3 Å². The first-order valence-electron chi connectivity index (χ1n) is 8.00. The Hall–Kier alpha value is -1.65. The zero-order valence-corrected chi connectivity index (χ0v) is 15.1. The van der Waals surface area contributed by atoms with Crippen LogP contribution in [0.2, 0.25) is 5.02 Å². The van der Waals surface area contributed by atoms with Gasteiger partial charge in [0.05, 0.1) is 10.6 Å². The zero-order valence-electron chi connectivity index (χ0n) is 13.5. The van der Waals surface area contributed by atoms with Crippen molar-refractivity contribution in [2.45, 2.75) is 23.7 Å². The molecule has 3 nitrogen and oxygen atoms in total. The molecule has 0 unspecified atom stereocenters. The van der Waals surface area contributed by atoms with Crippen LogP contribution in [0.5, 0.6) is 5.75 Å². The lowest BCUT2D eigenvalue weighted by Gasteiger charge is -2.32. The summed E-state index contributed by atoms with van der Waals surface area (Å²) in [6, 6.07) is 13.0. The van der Waals surface area contributed by atoms with Gasteiger partial charge in [0, 0.05) is 18.0 Å². The summed E-state index contributed by atoms with van der Waals surface area (Å²) >= 11 is 7.83. The lowest BCUT2D eigenvalue weighted by molar-refractivity contribution is 0.0713. The molecule has 1 fully saturated rings. The Morgan fingerprint density at radius 3 is 2.46 bits per heavy atom. The van der Waals surface area contributed by atoms with E-state index < -0.39 is 0 Å². The quantitative estimate of drug-likeness (QED) is 0.799. The highest BCUT2D eigenvalue weighted by Crippen LogP contribution is 2.31. The van der Waals surface area contributed by atoms with E-state index in [9.17, 15) is 9.90 Å². The van der Waals surface area contributed by atoms with Gasteiger partial charge in [0.25, 0.3) is 5.91 Å². The minimum Gasteiger partial charge on any atom is -0.508 e. The van der Waals surface area contributed by atoms with Crippen LogP contribution in [-0.2, 0) is 0 Å². The van der Waals surface area contributed by atoms with Crippen LogP contribution in [0, 0.1) is 0 Å². The predicted octanol–water partition coefficient (Wildman–Crippen LogP) is 4.79. The molecule has 126 valence electrons. The molecule has 1 heterocycles. The molecule has 1 N–H and O–H groups in total. The number of thioether (sulfide) groups is 1. The molecule has 0 spiro atoms. The number of hydrogen-bond donors (Lipinski definition) is 1. The number of phenolic OH excluding ortho intramolecular Hbond substituents is 1. The Morgan fingerprint density at radius 2 is 1.83 bits per heavy atom. The average molecular weight is 362 g/mol. The first-order chi connectivity index (χ1) is 11.6. The van der Waals surface area contributed by atoms with Crippen molar-refractivity contribution in [3.05, 3.63) is 58.6 Å². The number of carbonyl (C=O) groups is 1. The van der Waals surface area contributed by atoms with E-state index in [4.69, 9.17) is 11.6 Å². The average Bonchev–Trinajstić information content (AvgIpc) is 2.62. The van der Waals surface area contributed by atoms with Crippen molar-refractivity contribution in [3.8, 4) is 5.75 Å². The van der Waals surface area contributed by atoms with Gasteiger partial charge in [-0.05, 0) is 60.9 Å². The third-order valence-corrected chi connectivity index (χ3v) is 5.61. The van der Waals surface area contributed by atoms with Crippen molar-refractivity contribution in [3.63, 3.8) is 0 Å². The SMILES string of the molecule is CSc1ccc(Cl)c(C(=O)N2CCC(c3ccc(O)cc3)CC2)c1. The molecule has 3 rings (SSSR count). The van der Waals surface area contributed by atoms with Crippen LogP contribution < -0.4 is 0 Å². The second-order valence-electron chi connectivity index (χ2n) is 6.00. The maximum atomic E-state index is 12.8. The van der Waals surface area contributed by atoms with E-state index in [2.05, 4.69) is 0 Å². The van der Waals surface area contributed by atoms with Crippen LogP contribution in [0.15, 0.2) is 47.4 Å². The number of carbonyl (C=O) groups excluding carboxylic acids is 1. The maximum absolute atomic E-state index is 12.8. The van der Waals surface area contributed by atoms with Gasteiger partial charge in [0.15, 0.2) is 0 Å². The third-order valence-electron chi connectivity index (χ3n) is 4.55. The van der Waals surface area contributed by atoms with E-state index in [1.54, 1.807) is 30.0 Å². The van der Waals surface area contributed by atoms with Crippen molar-refractivity contribution < 1.29 is 9.90 Å². The van der Waals surface area contributed by atoms with Gasteiger partial charge in [0.2, 0.25) is 0 Å². The van der Waals surface area contributed by atoms with Gasteiger partial charge in [0.1, 0.15) is 5.75 Å². The second kappa shape index (κ2) is 7.49. The van der Waals surface area contributed by atoms with Gasteiger partial charge in [-0.15, -0.1) is 11.8 Å². The highest BCUT2D eigenvalue weighted by molar-refractivity contribution is 7.98. The van der Waals surface area contributed by atoms with Gasteiger partial charge in [-0.1, -0.05) is 23.7 Å². The molecule has 1 aliphatic rings. The van der Waals surface area contributed by atoms with Crippen LogP contribution in [0.25, 0.3) is 0 Å². The molecule has 24 heavy (non-hydrogen) atoms. The summed E-state index contributed by atoms with van der Waals surface area (Å²) in [6.07, 6.45) is 3.84. The fourth-order valence-corrected chi connectivity index (χ4v) is 3.77. The molecule has 1 aliphatic heterocycles. The van der Waals surface area contributed by atoms with Crippen molar-refractivity contribution in [1.29, 1.82) is 0 Å². The smallest absolute Gasteiger partial charge is 0.255 e. The molecule has 2 aromatic carbocycles. The van der Waals surface area contributed by atoms with E-state index in [0.29, 0.717) is 16.5 Å². The van der Waals surface area contributed by atoms with E-state index >= 15 is 0 Å². The van der Waals surface area contributed by atoms with E-state index in [-0.39, 0.29) is 11.7 Å². The maximum Gasteiger partial charge on any atom is 0.255 e. The monoisotopic (exact) mass is 361 g/mol. The molecule has 0 bridgehead atoms. The normalized spacial score (nSPS) is 15.5. The first-order valence-corrected chi connectivity index (χ1v) is 9.60. The predicted molar refractivity (Wildman–Crippen MR) is 99.2 cm³/mol. The summed E-state index contributed by atoms with van der Waals surface area (Å²) in [4.78, 5) is 15.7. The topological polar surface area (TPSA) is 40.5 Å². The molecular formula is C19H20ClNO2S. The molecule has 5 heteroatoms. The fourth-order valence-electron chi connectivity index (χ4n) is 3.13. The minimum absolute atomic E-state index is 0.0139. The number of hydrogen-bond acceptors (Lipinski definition) is 3. The molecule has 1 saturated heterocycles. The summed E-state index contributed by atoms with van der Waals surface area (Å²) in [5, 5.41) is 9.91. The Balaban J connectivity index is 1.68. The lowest BCUT2D eigenvalue weighted by Crippen LogP contribution is -2.38. The first kappa shape index (κ1) is 17.2. The number of aromatic hydroxyl groups is 1. The Kier molecular flexibility index (Phi) is 5.36. The number of halogens is 1. The summed E-state index contributed by atoms with van der Waals surface area (Å²) < 4.78 is 0. The largest absolute Gasteiger partial charge is 0.508 e. The molecular weight excluding hydrogens is 342 g/mol. The number of amides is 1. The van der Waals surface area contributed by atoms with Crippen molar-refractivity contribution in [2.24, 2.45) is 0 Å². The Labute approximate surface area is 151 Å². The van der Waals surface area contributed by atoms with E-state index in [1.165, 1.54) is 5.56 Å². The van der Waals surface area contributed by atoms with Gasteiger partial charge in [-0.25, -0.2) is 0 Å². The summed E-state index contributed by atoms with van der Waals surface area (Å²) in [5.41, 5.74) is 1.81. The van der Waals surface area contributed by atoms with Crippen molar-refractivity contribution in [2.75, 3.05) is 19.3 Å². The number of piperidine rings is 1. The number of likely N-dealkylation sites (tertiary alicyclic amines) is 1. The van der Waals surface area contributed by atoms with Crippen LogP contribution >= 0.6 is 23.4 Å². The standard InChI is InChI=1S/C19H20ClNO2S/c1-24-16-6-7-18(20)17(12-16)19(23)21-10-8-14(9-11-21)13-2-4-15(22)5-3-13/h2-7,12,14,22H,8-11H2,1H3. The number of rotatable bonds is 3. The van der Waals surface area contributed by atoms with Gasteiger partial charge in [-0.3, -0.25) is 4.79 Å². The number of nitrogens with zero attached hydrogens (tertiary/aromatic N) is 1. The molecule has 2 aromatic rings. The van der Waals surface area contributed by atoms with Crippen LogP contribution in [0.4, 0.5) is 0 Å². The van der Waals surface area contributed by atoms with Crippen LogP contribution in [0.3, 0.4) is 0 Å². The Morgan fingerprint density at radius 1 is 1.17 bits per heavy atom. The summed E-state index contributed by atoms with van der Waals surface area (Å²) in [6.45, 7) is 1.45. The highest BCUT2D eigenvalue weighted by atomic mass is 35.5. The minimum atomic E-state index is 0.0139. The van der Waals surface area contributed by atoms with Crippen molar-refractivity contribution >= 4 is 29.3 Å². The van der Waals surface area contributed by atoms with Gasteiger partial charge >= 0.3 is 0 Å². The molecule has 1 amide bonds. The number of phenols is 1. The lowest BCUT2D eigenvalue weighted by atomic mass is 9.89. The van der Waals surface area contributed by atoms with Crippen LogP contribution in [0.1, 0.15) is 34.7 Å². The molecule has 0 atom stereocenters. The molecule has 0 aliphatic carbocycles. The van der Waals surface area contributed by atoms with E-state index in [1.807, 2.05) is 35.4 Å². The molecule has 0 radical (unpaired) electrons. The zero-order chi connectivity index (χ0) is 17.1. The summed E-state index contributed by atoms with van der Waals surface area (Å²) in [7, 11) is 0. The van der Waals surface area contributed by atoms with E-state index in [0.717, 1.165) is 30.8 Å². The summed E-state index contributed by atoms with van der Waals surface area (Å²) in [5.74, 6) is 0.734. The van der Waals surface area contributed by atoms with Crippen molar-refractivity contribution in [1.82, 2.24) is 4.90 Å². The Bertz CT molecular complexity index is 725. The molecule has 0 saturated carbocycles. The number of benzene rings is 2. The van der Waals surface area contributed by atoms with Gasteiger partial charge < -0.3 is 10.0 Å². The molecule has 0 aromatic heterocycles. The third kappa shape index (κ3) is 3.70. The van der Waals surface area contributed by atoms with Gasteiger partial charge in [-0.2, -0.15) is 0 Å². The second-order valence-corrected chi connectivity index (χ2v) is 7.29. The highest BCUT2D eigenvalue weighted by Gasteiger charge is 2.25.